The Bertz CT molecular complexity index is 802. The number of rotatable bonds is 6. The molecule has 0 saturated carbocycles. The molecule has 6 heteroatoms. The van der Waals surface area contributed by atoms with Gasteiger partial charge in [0.25, 0.3) is 10.0 Å². The standard InChI is InChI=1S/C17H17Cl2NO2S/c1-3-11-20(15-8-5-13(4-2)6-9-15)23(21,22)17-12-14(18)7-10-16(17)19/h3,5-10,12H,1,4,11H2,2H3. The van der Waals surface area contributed by atoms with Crippen molar-refractivity contribution in [3.8, 4) is 0 Å². The Balaban J connectivity index is 2.54. The largest absolute Gasteiger partial charge is 0.266 e. The maximum atomic E-state index is 13.0. The highest BCUT2D eigenvalue weighted by Crippen LogP contribution is 2.30. The molecule has 0 saturated heterocycles. The molecule has 0 heterocycles. The molecule has 0 bridgehead atoms. The van der Waals surface area contributed by atoms with Gasteiger partial charge < -0.3 is 0 Å². The van der Waals surface area contributed by atoms with E-state index in [4.69, 9.17) is 23.2 Å². The van der Waals surface area contributed by atoms with Crippen LogP contribution in [0.5, 0.6) is 0 Å². The Labute approximate surface area is 147 Å². The van der Waals surface area contributed by atoms with Crippen LogP contribution in [0, 0.1) is 0 Å². The first-order chi connectivity index (χ1) is 10.9. The normalized spacial score (nSPS) is 11.3. The number of anilines is 1. The molecule has 2 aromatic carbocycles. The predicted molar refractivity (Wildman–Crippen MR) is 97.0 cm³/mol. The van der Waals surface area contributed by atoms with E-state index in [1.807, 2.05) is 19.1 Å². The van der Waals surface area contributed by atoms with Gasteiger partial charge in [-0.1, -0.05) is 48.3 Å². The summed E-state index contributed by atoms with van der Waals surface area (Å²) < 4.78 is 27.2. The number of sulfonamides is 1. The summed E-state index contributed by atoms with van der Waals surface area (Å²) in [5.41, 5.74) is 1.68. The molecule has 0 aliphatic heterocycles. The van der Waals surface area contributed by atoms with Gasteiger partial charge in [-0.2, -0.15) is 0 Å². The van der Waals surface area contributed by atoms with Crippen molar-refractivity contribution in [1.82, 2.24) is 0 Å². The highest BCUT2D eigenvalue weighted by molar-refractivity contribution is 7.93. The topological polar surface area (TPSA) is 37.4 Å². The van der Waals surface area contributed by atoms with Gasteiger partial charge in [-0.3, -0.25) is 4.31 Å². The Hall–Kier alpha value is -1.49. The van der Waals surface area contributed by atoms with E-state index in [0.717, 1.165) is 12.0 Å². The molecule has 0 spiro atoms. The van der Waals surface area contributed by atoms with E-state index in [9.17, 15) is 8.42 Å². The van der Waals surface area contributed by atoms with Crippen LogP contribution >= 0.6 is 23.2 Å². The molecule has 0 N–H and O–H groups in total. The summed E-state index contributed by atoms with van der Waals surface area (Å²) in [6, 6.07) is 11.7. The number of hydrogen-bond acceptors (Lipinski definition) is 2. The minimum atomic E-state index is -3.84. The molecule has 0 amide bonds. The average Bonchev–Trinajstić information content (AvgIpc) is 2.54. The van der Waals surface area contributed by atoms with Crippen LogP contribution in [-0.2, 0) is 16.4 Å². The molecule has 0 aliphatic carbocycles. The van der Waals surface area contributed by atoms with Gasteiger partial charge in [0.05, 0.1) is 17.3 Å². The van der Waals surface area contributed by atoms with Gasteiger partial charge in [-0.25, -0.2) is 8.42 Å². The number of aryl methyl sites for hydroxylation is 1. The van der Waals surface area contributed by atoms with Crippen LogP contribution in [0.2, 0.25) is 10.0 Å². The van der Waals surface area contributed by atoms with Crippen molar-refractivity contribution in [2.45, 2.75) is 18.2 Å². The van der Waals surface area contributed by atoms with E-state index >= 15 is 0 Å². The molecule has 0 unspecified atom stereocenters. The van der Waals surface area contributed by atoms with Crippen molar-refractivity contribution >= 4 is 38.9 Å². The summed E-state index contributed by atoms with van der Waals surface area (Å²) in [4.78, 5) is -0.0203. The van der Waals surface area contributed by atoms with Crippen molar-refractivity contribution in [2.24, 2.45) is 0 Å². The molecule has 0 atom stereocenters. The molecule has 0 radical (unpaired) electrons. The van der Waals surface area contributed by atoms with Gasteiger partial charge in [-0.15, -0.1) is 6.58 Å². The van der Waals surface area contributed by atoms with E-state index in [0.29, 0.717) is 10.7 Å². The lowest BCUT2D eigenvalue weighted by atomic mass is 10.1. The number of halogens is 2. The van der Waals surface area contributed by atoms with Crippen molar-refractivity contribution in [3.63, 3.8) is 0 Å². The average molecular weight is 370 g/mol. The van der Waals surface area contributed by atoms with E-state index in [-0.39, 0.29) is 16.5 Å². The first-order valence-corrected chi connectivity index (χ1v) is 9.27. The van der Waals surface area contributed by atoms with E-state index < -0.39 is 10.0 Å². The van der Waals surface area contributed by atoms with Crippen LogP contribution in [0.4, 0.5) is 5.69 Å². The lowest BCUT2D eigenvalue weighted by Crippen LogP contribution is -2.31. The Morgan fingerprint density at radius 1 is 1.13 bits per heavy atom. The molecule has 3 nitrogen and oxygen atoms in total. The molecule has 0 aromatic heterocycles. The highest BCUT2D eigenvalue weighted by atomic mass is 35.5. The number of nitrogens with zero attached hydrogens (tertiary/aromatic N) is 1. The lowest BCUT2D eigenvalue weighted by molar-refractivity contribution is 0.593. The number of benzene rings is 2. The quantitative estimate of drug-likeness (QED) is 0.676. The van der Waals surface area contributed by atoms with Crippen LogP contribution < -0.4 is 4.31 Å². The minimum Gasteiger partial charge on any atom is -0.262 e. The van der Waals surface area contributed by atoms with Gasteiger partial charge in [0.1, 0.15) is 4.90 Å². The van der Waals surface area contributed by atoms with Crippen LogP contribution in [0.25, 0.3) is 0 Å². The maximum Gasteiger partial charge on any atom is 0.266 e. The van der Waals surface area contributed by atoms with Gasteiger partial charge in [0.15, 0.2) is 0 Å². The summed E-state index contributed by atoms with van der Waals surface area (Å²) >= 11 is 12.0. The smallest absolute Gasteiger partial charge is 0.262 e. The molecule has 0 aliphatic rings. The fraction of sp³-hybridized carbons (Fsp3) is 0.176. The molecule has 2 rings (SSSR count). The van der Waals surface area contributed by atoms with E-state index in [1.54, 1.807) is 18.2 Å². The van der Waals surface area contributed by atoms with E-state index in [1.165, 1.54) is 22.5 Å². The van der Waals surface area contributed by atoms with Gasteiger partial charge >= 0.3 is 0 Å². The SMILES string of the molecule is C=CCN(c1ccc(CC)cc1)S(=O)(=O)c1cc(Cl)ccc1Cl. The summed E-state index contributed by atoms with van der Waals surface area (Å²) in [5, 5.41) is 0.446. The molecule has 0 fully saturated rings. The molecule has 23 heavy (non-hydrogen) atoms. The first kappa shape index (κ1) is 17.9. The zero-order valence-electron chi connectivity index (χ0n) is 12.7. The van der Waals surface area contributed by atoms with E-state index in [2.05, 4.69) is 6.58 Å². The molecule has 122 valence electrons. The maximum absolute atomic E-state index is 13.0. The highest BCUT2D eigenvalue weighted by Gasteiger charge is 2.26. The second-order valence-electron chi connectivity index (χ2n) is 4.92. The Morgan fingerprint density at radius 3 is 2.35 bits per heavy atom. The van der Waals surface area contributed by atoms with Crippen molar-refractivity contribution in [2.75, 3.05) is 10.8 Å². The van der Waals surface area contributed by atoms with Crippen molar-refractivity contribution < 1.29 is 8.42 Å². The summed E-state index contributed by atoms with van der Waals surface area (Å²) in [7, 11) is -3.84. The third kappa shape index (κ3) is 3.89. The van der Waals surface area contributed by atoms with Gasteiger partial charge in [-0.05, 0) is 42.3 Å². The van der Waals surface area contributed by atoms with Crippen LogP contribution in [0.1, 0.15) is 12.5 Å². The third-order valence-electron chi connectivity index (χ3n) is 3.39. The zero-order chi connectivity index (χ0) is 17.0. The minimum absolute atomic E-state index is 0.0203. The second kappa shape index (κ2) is 7.39. The van der Waals surface area contributed by atoms with Crippen LogP contribution in [0.15, 0.2) is 60.0 Å². The summed E-state index contributed by atoms with van der Waals surface area (Å²) in [5.74, 6) is 0. The first-order valence-electron chi connectivity index (χ1n) is 7.07. The summed E-state index contributed by atoms with van der Waals surface area (Å²) in [6.45, 7) is 5.82. The lowest BCUT2D eigenvalue weighted by Gasteiger charge is -2.24. The Kier molecular flexibility index (Phi) is 5.74. The summed E-state index contributed by atoms with van der Waals surface area (Å²) in [6.07, 6.45) is 2.42. The fourth-order valence-electron chi connectivity index (χ4n) is 2.15. The molecular formula is C17H17Cl2NO2S. The fourth-order valence-corrected chi connectivity index (χ4v) is 4.33. The van der Waals surface area contributed by atoms with Crippen molar-refractivity contribution in [1.29, 1.82) is 0 Å². The molecule has 2 aromatic rings. The second-order valence-corrected chi connectivity index (χ2v) is 7.59. The van der Waals surface area contributed by atoms with Crippen LogP contribution in [-0.4, -0.2) is 15.0 Å². The zero-order valence-corrected chi connectivity index (χ0v) is 15.0. The predicted octanol–water partition coefficient (Wildman–Crippen LogP) is 4.94. The number of hydrogen-bond donors (Lipinski definition) is 0. The third-order valence-corrected chi connectivity index (χ3v) is 5.90. The monoisotopic (exact) mass is 369 g/mol. The van der Waals surface area contributed by atoms with Crippen LogP contribution in [0.3, 0.4) is 0 Å². The Morgan fingerprint density at radius 2 is 1.78 bits per heavy atom. The van der Waals surface area contributed by atoms with Crippen molar-refractivity contribution in [3.05, 3.63) is 70.7 Å². The molecular weight excluding hydrogens is 353 g/mol. The van der Waals surface area contributed by atoms with Gasteiger partial charge in [0, 0.05) is 5.02 Å². The van der Waals surface area contributed by atoms with Gasteiger partial charge in [0.2, 0.25) is 0 Å².